The summed E-state index contributed by atoms with van der Waals surface area (Å²) in [5.41, 5.74) is -0.463. The van der Waals surface area contributed by atoms with Gasteiger partial charge in [0.05, 0.1) is 33.0 Å². The SMILES string of the molecule is C.C.C.C.CC(C)(OCCO)C(=O)c1ccc(OCCOCCO)cc1. The number of hydrogen-bond donors (Lipinski definition) is 2. The van der Waals surface area contributed by atoms with Gasteiger partial charge in [-0.1, -0.05) is 29.7 Å². The van der Waals surface area contributed by atoms with Gasteiger partial charge < -0.3 is 24.4 Å². The van der Waals surface area contributed by atoms with Crippen molar-refractivity contribution in [2.75, 3.05) is 39.6 Å². The maximum absolute atomic E-state index is 12.3. The number of aliphatic hydroxyl groups is 2. The molecule has 0 aliphatic rings. The Morgan fingerprint density at radius 1 is 0.885 bits per heavy atom. The number of carbonyl (C=O) groups excluding carboxylic acids is 1. The van der Waals surface area contributed by atoms with Crippen LogP contribution in [0.1, 0.15) is 53.9 Å². The second kappa shape index (κ2) is 17.0. The number of carbonyl (C=O) groups is 1. The predicted octanol–water partition coefficient (Wildman–Crippen LogP) is 3.59. The first-order chi connectivity index (χ1) is 10.5. The van der Waals surface area contributed by atoms with Crippen LogP contribution in [0.5, 0.6) is 5.75 Å². The van der Waals surface area contributed by atoms with Crippen LogP contribution in [0.15, 0.2) is 24.3 Å². The van der Waals surface area contributed by atoms with Crippen LogP contribution in [0.3, 0.4) is 0 Å². The van der Waals surface area contributed by atoms with Gasteiger partial charge in [0, 0.05) is 5.56 Å². The number of benzene rings is 1. The zero-order valence-electron chi connectivity index (χ0n) is 13.1. The number of Topliss-reactive ketones (excluding diaryl/α,β-unsaturated/α-hetero) is 1. The molecule has 2 N–H and O–H groups in total. The van der Waals surface area contributed by atoms with Gasteiger partial charge in [-0.25, -0.2) is 0 Å². The number of ketones is 1. The molecular weight excluding hydrogens is 336 g/mol. The first-order valence-electron chi connectivity index (χ1n) is 7.22. The van der Waals surface area contributed by atoms with Crippen LogP contribution in [0.25, 0.3) is 0 Å². The van der Waals surface area contributed by atoms with Gasteiger partial charge in [0.25, 0.3) is 0 Å². The van der Waals surface area contributed by atoms with E-state index < -0.39 is 5.60 Å². The number of rotatable bonds is 11. The minimum atomic E-state index is -0.983. The van der Waals surface area contributed by atoms with E-state index in [0.717, 1.165) is 0 Å². The second-order valence-electron chi connectivity index (χ2n) is 5.12. The fourth-order valence-electron chi connectivity index (χ4n) is 1.80. The highest BCUT2D eigenvalue weighted by Crippen LogP contribution is 2.19. The van der Waals surface area contributed by atoms with Crippen molar-refractivity contribution in [3.05, 3.63) is 29.8 Å². The van der Waals surface area contributed by atoms with Crippen molar-refractivity contribution >= 4 is 5.78 Å². The summed E-state index contributed by atoms with van der Waals surface area (Å²) in [6, 6.07) is 6.77. The predicted molar refractivity (Wildman–Crippen MR) is 108 cm³/mol. The molecule has 1 aromatic carbocycles. The fraction of sp³-hybridized carbons (Fsp3) is 0.650. The van der Waals surface area contributed by atoms with Gasteiger partial charge in [-0.2, -0.15) is 0 Å². The molecule has 0 saturated heterocycles. The lowest BCUT2D eigenvalue weighted by Crippen LogP contribution is -2.36. The van der Waals surface area contributed by atoms with Gasteiger partial charge in [0.2, 0.25) is 0 Å². The van der Waals surface area contributed by atoms with Crippen molar-refractivity contribution in [2.24, 2.45) is 0 Å². The molecule has 0 fully saturated rings. The van der Waals surface area contributed by atoms with Crippen LogP contribution < -0.4 is 4.74 Å². The lowest BCUT2D eigenvalue weighted by molar-refractivity contribution is -0.0174. The molecule has 0 amide bonds. The molecule has 6 heteroatoms. The Labute approximate surface area is 160 Å². The summed E-state index contributed by atoms with van der Waals surface area (Å²) in [5.74, 6) is 0.483. The average molecular weight is 377 g/mol. The summed E-state index contributed by atoms with van der Waals surface area (Å²) in [5, 5.41) is 17.3. The average Bonchev–Trinajstić information content (AvgIpc) is 2.52. The van der Waals surface area contributed by atoms with Crippen molar-refractivity contribution in [1.29, 1.82) is 0 Å². The van der Waals surface area contributed by atoms with Crippen molar-refractivity contribution in [3.8, 4) is 5.75 Å². The van der Waals surface area contributed by atoms with E-state index in [4.69, 9.17) is 24.4 Å². The third kappa shape index (κ3) is 11.2. The molecule has 0 aliphatic heterocycles. The van der Waals surface area contributed by atoms with Gasteiger partial charge in [0.1, 0.15) is 18.0 Å². The number of aliphatic hydroxyl groups excluding tert-OH is 2. The van der Waals surface area contributed by atoms with E-state index in [9.17, 15) is 4.79 Å². The number of hydrogen-bond acceptors (Lipinski definition) is 6. The minimum Gasteiger partial charge on any atom is -0.491 e. The van der Waals surface area contributed by atoms with E-state index in [2.05, 4.69) is 0 Å². The molecule has 156 valence electrons. The minimum absolute atomic E-state index is 0. The van der Waals surface area contributed by atoms with Crippen molar-refractivity contribution in [3.63, 3.8) is 0 Å². The van der Waals surface area contributed by atoms with E-state index in [1.54, 1.807) is 38.1 Å². The Kier molecular flexibility index (Phi) is 21.0. The largest absolute Gasteiger partial charge is 0.491 e. The van der Waals surface area contributed by atoms with Crippen molar-refractivity contribution < 1.29 is 29.2 Å². The molecule has 0 heterocycles. The second-order valence-corrected chi connectivity index (χ2v) is 5.12. The zero-order chi connectivity index (χ0) is 16.4. The van der Waals surface area contributed by atoms with Crippen LogP contribution in [-0.4, -0.2) is 61.2 Å². The Morgan fingerprint density at radius 2 is 1.42 bits per heavy atom. The Balaban J connectivity index is -0.000000605. The van der Waals surface area contributed by atoms with Gasteiger partial charge in [-0.15, -0.1) is 0 Å². The van der Waals surface area contributed by atoms with E-state index in [1.165, 1.54) is 0 Å². The van der Waals surface area contributed by atoms with Gasteiger partial charge >= 0.3 is 0 Å². The molecule has 0 aliphatic carbocycles. The molecule has 0 atom stereocenters. The van der Waals surface area contributed by atoms with Crippen LogP contribution in [0, 0.1) is 0 Å². The third-order valence-corrected chi connectivity index (χ3v) is 2.95. The normalized spacial score (nSPS) is 9.69. The Bertz CT molecular complexity index is 442. The Morgan fingerprint density at radius 3 is 1.92 bits per heavy atom. The summed E-state index contributed by atoms with van der Waals surface area (Å²) in [6.07, 6.45) is 0. The maximum atomic E-state index is 12.3. The van der Waals surface area contributed by atoms with E-state index in [0.29, 0.717) is 31.1 Å². The van der Waals surface area contributed by atoms with Crippen molar-refractivity contribution in [2.45, 2.75) is 49.2 Å². The van der Waals surface area contributed by atoms with Crippen LogP contribution in [0.2, 0.25) is 0 Å². The van der Waals surface area contributed by atoms with E-state index in [1.807, 2.05) is 0 Å². The summed E-state index contributed by atoms with van der Waals surface area (Å²) >= 11 is 0. The lowest BCUT2D eigenvalue weighted by Gasteiger charge is -2.23. The highest BCUT2D eigenvalue weighted by molar-refractivity contribution is 6.02. The molecule has 26 heavy (non-hydrogen) atoms. The topological polar surface area (TPSA) is 85.2 Å². The lowest BCUT2D eigenvalue weighted by atomic mass is 9.96. The zero-order valence-corrected chi connectivity index (χ0v) is 13.1. The Hall–Kier alpha value is -1.47. The molecule has 0 unspecified atom stereocenters. The van der Waals surface area contributed by atoms with E-state index in [-0.39, 0.29) is 55.3 Å². The quantitative estimate of drug-likeness (QED) is 0.453. The van der Waals surface area contributed by atoms with Gasteiger partial charge in [-0.3, -0.25) is 4.79 Å². The van der Waals surface area contributed by atoms with Gasteiger partial charge in [-0.05, 0) is 38.1 Å². The molecule has 6 nitrogen and oxygen atoms in total. The van der Waals surface area contributed by atoms with E-state index >= 15 is 0 Å². The highest BCUT2D eigenvalue weighted by Gasteiger charge is 2.29. The first kappa shape index (κ1) is 32.2. The molecule has 0 radical (unpaired) electrons. The molecule has 0 aromatic heterocycles. The van der Waals surface area contributed by atoms with Crippen LogP contribution >= 0.6 is 0 Å². The smallest absolute Gasteiger partial charge is 0.194 e. The fourth-order valence-corrected chi connectivity index (χ4v) is 1.80. The van der Waals surface area contributed by atoms with Crippen LogP contribution in [0.4, 0.5) is 0 Å². The maximum Gasteiger partial charge on any atom is 0.194 e. The van der Waals surface area contributed by atoms with Crippen LogP contribution in [-0.2, 0) is 9.47 Å². The highest BCUT2D eigenvalue weighted by atomic mass is 16.5. The standard InChI is InChI=1S/C16H24O6.4CH4/c1-16(2,22-10-8-18)15(19)13-3-5-14(6-4-13)21-12-11-20-9-7-17;;;;/h3-6,17-18H,7-12H2,1-2H3;4*1H4. The number of ether oxygens (including phenoxy) is 3. The molecular formula is C20H40O6. The third-order valence-electron chi connectivity index (χ3n) is 2.95. The molecule has 1 aromatic rings. The monoisotopic (exact) mass is 376 g/mol. The summed E-state index contributed by atoms with van der Waals surface area (Å²) in [6.45, 7) is 4.39. The molecule has 1 rings (SSSR count). The van der Waals surface area contributed by atoms with Gasteiger partial charge in [0.15, 0.2) is 5.78 Å². The first-order valence-corrected chi connectivity index (χ1v) is 7.22. The van der Waals surface area contributed by atoms with Crippen molar-refractivity contribution in [1.82, 2.24) is 0 Å². The molecule has 0 bridgehead atoms. The molecule has 0 spiro atoms. The summed E-state index contributed by atoms with van der Waals surface area (Å²) < 4.78 is 15.9. The summed E-state index contributed by atoms with van der Waals surface area (Å²) in [4.78, 5) is 12.3. The molecule has 0 saturated carbocycles. The summed E-state index contributed by atoms with van der Waals surface area (Å²) in [7, 11) is 0.